The molecule has 1 fully saturated rings. The SMILES string of the molecule is O=C1c2ccccc2C(=O)c2c(NC(=O)C3CCCCC3CN3C(=O)c4ccccc4C3=O)cccc21. The van der Waals surface area contributed by atoms with Crippen LogP contribution < -0.4 is 5.32 Å². The van der Waals surface area contributed by atoms with Crippen LogP contribution >= 0.6 is 0 Å². The van der Waals surface area contributed by atoms with Crippen LogP contribution in [-0.2, 0) is 4.79 Å². The summed E-state index contributed by atoms with van der Waals surface area (Å²) in [4.78, 5) is 67.0. The van der Waals surface area contributed by atoms with Crippen molar-refractivity contribution in [3.63, 3.8) is 0 Å². The van der Waals surface area contributed by atoms with Crippen molar-refractivity contribution in [3.05, 3.63) is 100 Å². The number of hydrogen-bond acceptors (Lipinski definition) is 5. The van der Waals surface area contributed by atoms with E-state index in [1.165, 1.54) is 4.90 Å². The van der Waals surface area contributed by atoms with Crippen molar-refractivity contribution in [2.75, 3.05) is 11.9 Å². The van der Waals surface area contributed by atoms with Gasteiger partial charge in [-0.05, 0) is 37.0 Å². The van der Waals surface area contributed by atoms with E-state index in [0.717, 1.165) is 12.8 Å². The number of amides is 3. The molecule has 3 aromatic carbocycles. The summed E-state index contributed by atoms with van der Waals surface area (Å²) in [6, 6.07) is 18.3. The van der Waals surface area contributed by atoms with Gasteiger partial charge in [0.1, 0.15) is 0 Å². The Morgan fingerprint density at radius 2 is 1.27 bits per heavy atom. The number of rotatable bonds is 4. The van der Waals surface area contributed by atoms with Crippen LogP contribution in [0.1, 0.15) is 78.2 Å². The van der Waals surface area contributed by atoms with Crippen molar-refractivity contribution in [1.29, 1.82) is 0 Å². The minimum absolute atomic E-state index is 0.169. The topological polar surface area (TPSA) is 101 Å². The van der Waals surface area contributed by atoms with Gasteiger partial charge < -0.3 is 5.32 Å². The summed E-state index contributed by atoms with van der Waals surface area (Å²) < 4.78 is 0. The molecule has 0 aromatic heterocycles. The first-order chi connectivity index (χ1) is 18.0. The van der Waals surface area contributed by atoms with E-state index in [4.69, 9.17) is 0 Å². The highest BCUT2D eigenvalue weighted by Crippen LogP contribution is 2.36. The zero-order valence-electron chi connectivity index (χ0n) is 20.0. The Balaban J connectivity index is 1.26. The number of hydrogen-bond donors (Lipinski definition) is 1. The Labute approximate surface area is 213 Å². The number of nitrogens with one attached hydrogen (secondary N) is 1. The Hall–Kier alpha value is -4.39. The van der Waals surface area contributed by atoms with Crippen LogP contribution in [0.2, 0.25) is 0 Å². The third kappa shape index (κ3) is 3.69. The van der Waals surface area contributed by atoms with Gasteiger partial charge in [0.05, 0.1) is 22.4 Å². The van der Waals surface area contributed by atoms with Gasteiger partial charge in [-0.25, -0.2) is 0 Å². The molecule has 3 aromatic rings. The second kappa shape index (κ2) is 8.92. The second-order valence-electron chi connectivity index (χ2n) is 9.84. The van der Waals surface area contributed by atoms with Crippen molar-refractivity contribution in [3.8, 4) is 0 Å². The Morgan fingerprint density at radius 1 is 0.703 bits per heavy atom. The molecule has 0 spiro atoms. The van der Waals surface area contributed by atoms with E-state index < -0.39 is 5.92 Å². The van der Waals surface area contributed by atoms with Gasteiger partial charge in [-0.15, -0.1) is 0 Å². The maximum absolute atomic E-state index is 13.6. The molecule has 1 N–H and O–H groups in total. The molecule has 7 nitrogen and oxygen atoms in total. The van der Waals surface area contributed by atoms with E-state index in [1.54, 1.807) is 66.7 Å². The van der Waals surface area contributed by atoms with E-state index in [0.29, 0.717) is 40.8 Å². The van der Waals surface area contributed by atoms with E-state index in [2.05, 4.69) is 5.32 Å². The van der Waals surface area contributed by atoms with Gasteiger partial charge in [0, 0.05) is 29.2 Å². The lowest BCUT2D eigenvalue weighted by molar-refractivity contribution is -0.122. The van der Waals surface area contributed by atoms with E-state index in [9.17, 15) is 24.0 Å². The average Bonchev–Trinajstić information content (AvgIpc) is 3.17. The van der Waals surface area contributed by atoms with Gasteiger partial charge in [0.2, 0.25) is 5.91 Å². The Bertz CT molecular complexity index is 1470. The van der Waals surface area contributed by atoms with Gasteiger partial charge in [0.15, 0.2) is 11.6 Å². The maximum atomic E-state index is 13.6. The highest BCUT2D eigenvalue weighted by Gasteiger charge is 2.40. The number of anilines is 1. The van der Waals surface area contributed by atoms with Gasteiger partial charge in [-0.2, -0.15) is 0 Å². The molecule has 3 amide bonds. The lowest BCUT2D eigenvalue weighted by atomic mass is 9.78. The fourth-order valence-electron chi connectivity index (χ4n) is 5.89. The minimum atomic E-state index is -0.435. The van der Waals surface area contributed by atoms with Crippen molar-refractivity contribution >= 4 is 35.0 Å². The monoisotopic (exact) mass is 492 g/mol. The molecule has 0 saturated heterocycles. The minimum Gasteiger partial charge on any atom is -0.325 e. The fourth-order valence-corrected chi connectivity index (χ4v) is 5.89. The number of ketones is 2. The molecule has 1 saturated carbocycles. The van der Waals surface area contributed by atoms with Crippen LogP contribution in [0, 0.1) is 11.8 Å². The molecule has 7 heteroatoms. The Morgan fingerprint density at radius 3 is 1.95 bits per heavy atom. The highest BCUT2D eigenvalue weighted by molar-refractivity contribution is 6.30. The summed E-state index contributed by atoms with van der Waals surface area (Å²) in [6.45, 7) is 0.169. The number of benzene rings is 3. The molecule has 2 aliphatic carbocycles. The van der Waals surface area contributed by atoms with E-state index in [-0.39, 0.29) is 52.9 Å². The molecular formula is C30H24N2O5. The number of fused-ring (bicyclic) bond motifs is 3. The highest BCUT2D eigenvalue weighted by atomic mass is 16.2. The van der Waals surface area contributed by atoms with Gasteiger partial charge in [-0.1, -0.05) is 61.4 Å². The molecule has 0 bridgehead atoms. The largest absolute Gasteiger partial charge is 0.325 e. The summed E-state index contributed by atoms with van der Waals surface area (Å²) in [5.74, 6) is -2.11. The quantitative estimate of drug-likeness (QED) is 0.423. The lowest BCUT2D eigenvalue weighted by Gasteiger charge is -2.33. The van der Waals surface area contributed by atoms with Crippen molar-refractivity contribution in [2.45, 2.75) is 25.7 Å². The lowest BCUT2D eigenvalue weighted by Crippen LogP contribution is -2.41. The first kappa shape index (κ1) is 23.0. The van der Waals surface area contributed by atoms with Gasteiger partial charge >= 0.3 is 0 Å². The number of nitrogens with zero attached hydrogens (tertiary/aromatic N) is 1. The molecular weight excluding hydrogens is 468 g/mol. The summed E-state index contributed by atoms with van der Waals surface area (Å²) in [5.41, 5.74) is 2.24. The first-order valence-corrected chi connectivity index (χ1v) is 12.5. The van der Waals surface area contributed by atoms with Crippen molar-refractivity contribution in [1.82, 2.24) is 4.90 Å². The number of imide groups is 1. The average molecular weight is 493 g/mol. The maximum Gasteiger partial charge on any atom is 0.261 e. The van der Waals surface area contributed by atoms with Gasteiger partial charge in [0.25, 0.3) is 11.8 Å². The second-order valence-corrected chi connectivity index (χ2v) is 9.84. The molecule has 0 radical (unpaired) electrons. The van der Waals surface area contributed by atoms with Crippen LogP contribution in [0.4, 0.5) is 5.69 Å². The van der Waals surface area contributed by atoms with E-state index in [1.807, 2.05) is 0 Å². The third-order valence-corrected chi connectivity index (χ3v) is 7.75. The normalized spacial score (nSPS) is 20.4. The zero-order valence-corrected chi connectivity index (χ0v) is 20.0. The molecule has 37 heavy (non-hydrogen) atoms. The molecule has 2 atom stereocenters. The predicted octanol–water partition coefficient (Wildman–Crippen LogP) is 4.50. The van der Waals surface area contributed by atoms with Crippen LogP contribution in [0.5, 0.6) is 0 Å². The third-order valence-electron chi connectivity index (χ3n) is 7.75. The predicted molar refractivity (Wildman–Crippen MR) is 136 cm³/mol. The van der Waals surface area contributed by atoms with Crippen LogP contribution in [-0.4, -0.2) is 40.7 Å². The summed E-state index contributed by atoms with van der Waals surface area (Å²) in [7, 11) is 0. The standard InChI is InChI=1S/C30H24N2O5/c33-26-19-10-3-4-11-20(19)27(34)25-23(26)14-7-15-24(25)31-28(35)18-9-2-1-8-17(18)16-32-29(36)21-12-5-6-13-22(21)30(32)37/h3-7,10-15,17-18H,1-2,8-9,16H2,(H,31,35). The summed E-state index contributed by atoms with van der Waals surface area (Å²) in [6.07, 6.45) is 3.09. The fraction of sp³-hybridized carbons (Fsp3) is 0.233. The molecule has 1 heterocycles. The van der Waals surface area contributed by atoms with Crippen molar-refractivity contribution in [2.24, 2.45) is 11.8 Å². The van der Waals surface area contributed by atoms with E-state index >= 15 is 0 Å². The molecule has 184 valence electrons. The first-order valence-electron chi connectivity index (χ1n) is 12.5. The Kier molecular flexibility index (Phi) is 5.56. The van der Waals surface area contributed by atoms with Crippen molar-refractivity contribution < 1.29 is 24.0 Å². The molecule has 3 aliphatic rings. The smallest absolute Gasteiger partial charge is 0.261 e. The van der Waals surface area contributed by atoms with Gasteiger partial charge in [-0.3, -0.25) is 28.9 Å². The zero-order chi connectivity index (χ0) is 25.7. The number of carbonyl (C=O) groups is 5. The molecule has 2 unspecified atom stereocenters. The number of carbonyl (C=O) groups excluding carboxylic acids is 5. The summed E-state index contributed by atoms with van der Waals surface area (Å²) in [5, 5.41) is 2.92. The summed E-state index contributed by atoms with van der Waals surface area (Å²) >= 11 is 0. The van der Waals surface area contributed by atoms with Crippen LogP contribution in [0.15, 0.2) is 66.7 Å². The van der Waals surface area contributed by atoms with Crippen LogP contribution in [0.25, 0.3) is 0 Å². The molecule has 6 rings (SSSR count). The van der Waals surface area contributed by atoms with Crippen LogP contribution in [0.3, 0.4) is 0 Å². The molecule has 1 aliphatic heterocycles.